The molecular weight excluding hydrogens is 450 g/mol. The third-order valence-corrected chi connectivity index (χ3v) is 7.23. The number of methoxy groups -OCH3 is 1. The third kappa shape index (κ3) is 3.84. The SMILES string of the molecule is COc1ccc(-c2nc3sc4c(O)cccc4c3c(=O)n2C/C=C/C(=O)N(C)C)c(C2CC2)c1. The molecule has 0 spiro atoms. The van der Waals surface area contributed by atoms with Crippen molar-refractivity contribution in [2.45, 2.75) is 25.3 Å². The lowest BCUT2D eigenvalue weighted by atomic mass is 10.0. The molecule has 7 nitrogen and oxygen atoms in total. The van der Waals surface area contributed by atoms with Crippen LogP contribution in [0.25, 0.3) is 31.7 Å². The molecule has 4 aromatic rings. The van der Waals surface area contributed by atoms with Gasteiger partial charge in [-0.05, 0) is 48.6 Å². The lowest BCUT2D eigenvalue weighted by Crippen LogP contribution is -2.23. The van der Waals surface area contributed by atoms with Crippen LogP contribution in [0, 0.1) is 0 Å². The number of aromatic hydroxyl groups is 1. The standard InChI is InChI=1S/C26H25N3O4S/c1-28(2)21(31)8-5-13-29-24(17-12-11-16(33-3)14-19(17)15-9-10-15)27-25-22(26(29)32)18-6-4-7-20(30)23(18)34-25/h4-8,11-12,14-15,30H,9-10,13H2,1-3H3/b8-5+. The van der Waals surface area contributed by atoms with E-state index in [-0.39, 0.29) is 23.8 Å². The fourth-order valence-corrected chi connectivity index (χ4v) is 5.23. The predicted octanol–water partition coefficient (Wildman–Crippen LogP) is 4.51. The summed E-state index contributed by atoms with van der Waals surface area (Å²) in [5.74, 6) is 1.70. The van der Waals surface area contributed by atoms with Gasteiger partial charge >= 0.3 is 0 Å². The Balaban J connectivity index is 1.76. The fraction of sp³-hybridized carbons (Fsp3) is 0.269. The van der Waals surface area contributed by atoms with Crippen LogP contribution in [0.1, 0.15) is 24.3 Å². The van der Waals surface area contributed by atoms with Crippen LogP contribution in [0.3, 0.4) is 0 Å². The number of carbonyl (C=O) groups is 1. The zero-order valence-electron chi connectivity index (χ0n) is 19.2. The molecule has 2 aromatic carbocycles. The number of amides is 1. The highest BCUT2D eigenvalue weighted by Crippen LogP contribution is 2.46. The largest absolute Gasteiger partial charge is 0.506 e. The van der Waals surface area contributed by atoms with E-state index >= 15 is 0 Å². The molecule has 1 aliphatic rings. The molecule has 0 radical (unpaired) electrons. The number of carbonyl (C=O) groups excluding carboxylic acids is 1. The van der Waals surface area contributed by atoms with Crippen molar-refractivity contribution in [1.82, 2.24) is 14.5 Å². The average Bonchev–Trinajstić information content (AvgIpc) is 3.60. The van der Waals surface area contributed by atoms with Crippen LogP contribution in [0.15, 0.2) is 53.3 Å². The van der Waals surface area contributed by atoms with Gasteiger partial charge in [-0.1, -0.05) is 18.2 Å². The van der Waals surface area contributed by atoms with E-state index in [9.17, 15) is 14.7 Å². The molecule has 5 rings (SSSR count). The van der Waals surface area contributed by atoms with Gasteiger partial charge in [0, 0.05) is 37.7 Å². The van der Waals surface area contributed by atoms with Gasteiger partial charge in [-0.15, -0.1) is 11.3 Å². The first-order chi connectivity index (χ1) is 16.4. The molecule has 174 valence electrons. The number of allylic oxidation sites excluding steroid dienone is 1. The first kappa shape index (κ1) is 22.2. The number of hydrogen-bond acceptors (Lipinski definition) is 6. The predicted molar refractivity (Wildman–Crippen MR) is 135 cm³/mol. The molecular formula is C26H25N3O4S. The Morgan fingerprint density at radius 2 is 2.09 bits per heavy atom. The van der Waals surface area contributed by atoms with Crippen molar-refractivity contribution < 1.29 is 14.6 Å². The Morgan fingerprint density at radius 1 is 1.29 bits per heavy atom. The van der Waals surface area contributed by atoms with Crippen molar-refractivity contribution in [1.29, 1.82) is 0 Å². The minimum Gasteiger partial charge on any atom is -0.506 e. The van der Waals surface area contributed by atoms with Crippen molar-refractivity contribution in [3.8, 4) is 22.9 Å². The number of aromatic nitrogens is 2. The fourth-order valence-electron chi connectivity index (χ4n) is 4.15. The monoisotopic (exact) mass is 475 g/mol. The third-order valence-electron chi connectivity index (χ3n) is 6.10. The molecule has 2 heterocycles. The number of ether oxygens (including phenoxy) is 1. The van der Waals surface area contributed by atoms with Gasteiger partial charge in [0.25, 0.3) is 5.56 Å². The molecule has 1 amide bonds. The molecule has 0 aliphatic heterocycles. The topological polar surface area (TPSA) is 84.7 Å². The summed E-state index contributed by atoms with van der Waals surface area (Å²) in [5, 5.41) is 11.5. The maximum atomic E-state index is 13.8. The highest BCUT2D eigenvalue weighted by atomic mass is 32.1. The van der Waals surface area contributed by atoms with E-state index < -0.39 is 0 Å². The second-order valence-corrected chi connectivity index (χ2v) is 9.65. The maximum Gasteiger partial charge on any atom is 0.263 e. The van der Waals surface area contributed by atoms with E-state index in [0.29, 0.717) is 32.0 Å². The van der Waals surface area contributed by atoms with E-state index in [2.05, 4.69) is 0 Å². The summed E-state index contributed by atoms with van der Waals surface area (Å²) in [5.41, 5.74) is 1.80. The van der Waals surface area contributed by atoms with Gasteiger partial charge in [-0.2, -0.15) is 0 Å². The Bertz CT molecular complexity index is 1510. The molecule has 0 bridgehead atoms. The molecule has 2 aromatic heterocycles. The number of phenolic OH excluding ortho intramolecular Hbond substituents is 1. The summed E-state index contributed by atoms with van der Waals surface area (Å²) in [4.78, 5) is 32.9. The van der Waals surface area contributed by atoms with E-state index in [1.807, 2.05) is 24.3 Å². The molecule has 0 saturated heterocycles. The number of thiophene rings is 1. The van der Waals surface area contributed by atoms with Gasteiger partial charge in [0.1, 0.15) is 22.2 Å². The normalized spacial score (nSPS) is 13.7. The van der Waals surface area contributed by atoms with E-state index in [4.69, 9.17) is 9.72 Å². The summed E-state index contributed by atoms with van der Waals surface area (Å²) < 4.78 is 7.70. The summed E-state index contributed by atoms with van der Waals surface area (Å²) in [6.45, 7) is 0.197. The van der Waals surface area contributed by atoms with E-state index in [1.54, 1.807) is 44.0 Å². The molecule has 0 unspecified atom stereocenters. The molecule has 1 saturated carbocycles. The molecule has 1 fully saturated rings. The van der Waals surface area contributed by atoms with Crippen molar-refractivity contribution >= 4 is 37.5 Å². The second kappa shape index (κ2) is 8.61. The highest BCUT2D eigenvalue weighted by molar-refractivity contribution is 7.25. The molecule has 8 heteroatoms. The van der Waals surface area contributed by atoms with E-state index in [0.717, 1.165) is 29.7 Å². The maximum absolute atomic E-state index is 13.8. The molecule has 1 aliphatic carbocycles. The summed E-state index contributed by atoms with van der Waals surface area (Å²) in [6.07, 6.45) is 5.32. The number of hydrogen-bond donors (Lipinski definition) is 1. The number of likely N-dealkylation sites (N-methyl/N-ethyl adjacent to an activating group) is 1. The lowest BCUT2D eigenvalue weighted by molar-refractivity contribution is -0.123. The van der Waals surface area contributed by atoms with Crippen LogP contribution in [-0.4, -0.2) is 46.7 Å². The zero-order chi connectivity index (χ0) is 24.0. The number of phenols is 1. The lowest BCUT2D eigenvalue weighted by Gasteiger charge is -2.15. The van der Waals surface area contributed by atoms with Crippen LogP contribution in [0.2, 0.25) is 0 Å². The number of benzene rings is 2. The van der Waals surface area contributed by atoms with Gasteiger partial charge in [-0.3, -0.25) is 14.2 Å². The molecule has 34 heavy (non-hydrogen) atoms. The number of rotatable bonds is 6. The number of fused-ring (bicyclic) bond motifs is 3. The first-order valence-electron chi connectivity index (χ1n) is 11.1. The summed E-state index contributed by atoms with van der Waals surface area (Å²) in [7, 11) is 5.00. The van der Waals surface area contributed by atoms with Crippen LogP contribution < -0.4 is 10.3 Å². The Labute approximate surface area is 200 Å². The van der Waals surface area contributed by atoms with Crippen molar-refractivity contribution in [2.24, 2.45) is 0 Å². The average molecular weight is 476 g/mol. The van der Waals surface area contributed by atoms with Crippen molar-refractivity contribution in [3.63, 3.8) is 0 Å². The van der Waals surface area contributed by atoms with Crippen molar-refractivity contribution in [2.75, 3.05) is 21.2 Å². The minimum atomic E-state index is -0.198. The molecule has 1 N–H and O–H groups in total. The van der Waals surface area contributed by atoms with Crippen molar-refractivity contribution in [3.05, 3.63) is 64.5 Å². The van der Waals surface area contributed by atoms with Gasteiger partial charge in [0.15, 0.2) is 0 Å². The van der Waals surface area contributed by atoms with Gasteiger partial charge < -0.3 is 14.7 Å². The van der Waals surface area contributed by atoms with Crippen LogP contribution in [-0.2, 0) is 11.3 Å². The summed E-state index contributed by atoms with van der Waals surface area (Å²) >= 11 is 1.31. The Hall–Kier alpha value is -3.65. The van der Waals surface area contributed by atoms with Gasteiger partial charge in [0.2, 0.25) is 5.91 Å². The first-order valence-corrected chi connectivity index (χ1v) is 11.9. The van der Waals surface area contributed by atoms with Gasteiger partial charge in [-0.25, -0.2) is 4.98 Å². The van der Waals surface area contributed by atoms with Crippen LogP contribution >= 0.6 is 11.3 Å². The minimum absolute atomic E-state index is 0.132. The second-order valence-electron chi connectivity index (χ2n) is 8.65. The molecule has 0 atom stereocenters. The Kier molecular flexibility index (Phi) is 5.61. The van der Waals surface area contributed by atoms with Gasteiger partial charge in [0.05, 0.1) is 17.2 Å². The highest BCUT2D eigenvalue weighted by Gasteiger charge is 2.29. The number of nitrogens with zero attached hydrogens (tertiary/aromatic N) is 3. The smallest absolute Gasteiger partial charge is 0.263 e. The van der Waals surface area contributed by atoms with E-state index in [1.165, 1.54) is 22.3 Å². The Morgan fingerprint density at radius 3 is 2.79 bits per heavy atom. The quantitative estimate of drug-likeness (QED) is 0.415. The zero-order valence-corrected chi connectivity index (χ0v) is 20.1. The van der Waals surface area contributed by atoms with Crippen LogP contribution in [0.5, 0.6) is 11.5 Å². The van der Waals surface area contributed by atoms with Crippen LogP contribution in [0.4, 0.5) is 0 Å². The summed E-state index contributed by atoms with van der Waals surface area (Å²) in [6, 6.07) is 11.0.